The van der Waals surface area contributed by atoms with E-state index < -0.39 is 0 Å². The highest BCUT2D eigenvalue weighted by Gasteiger charge is 2.22. The first-order chi connectivity index (χ1) is 10.6. The Bertz CT molecular complexity index is 650. The number of benzene rings is 1. The van der Waals surface area contributed by atoms with Gasteiger partial charge in [0.15, 0.2) is 0 Å². The first-order valence-electron chi connectivity index (χ1n) is 7.50. The summed E-state index contributed by atoms with van der Waals surface area (Å²) in [6.45, 7) is 3.49. The molecule has 0 spiro atoms. The van der Waals surface area contributed by atoms with Crippen molar-refractivity contribution in [3.63, 3.8) is 0 Å². The number of piperidine rings is 1. The molecule has 7 nitrogen and oxygen atoms in total. The summed E-state index contributed by atoms with van der Waals surface area (Å²) < 4.78 is 0. The molecule has 1 amide bonds. The number of hydrogen-bond acceptors (Lipinski definition) is 5. The number of hydrogen-bond donors (Lipinski definition) is 1. The molecule has 2 aromatic rings. The molecule has 1 aromatic carbocycles. The zero-order valence-electron chi connectivity index (χ0n) is 12.6. The fourth-order valence-corrected chi connectivity index (χ4v) is 2.59. The molecule has 116 valence electrons. The monoisotopic (exact) mass is 300 g/mol. The second-order valence-corrected chi connectivity index (χ2v) is 5.75. The lowest BCUT2D eigenvalue weighted by Gasteiger charge is -2.30. The Balaban J connectivity index is 1.66. The Morgan fingerprint density at radius 1 is 1.36 bits per heavy atom. The summed E-state index contributed by atoms with van der Waals surface area (Å²) >= 11 is 0. The maximum absolute atomic E-state index is 12.2. The van der Waals surface area contributed by atoms with Crippen LogP contribution in [0.1, 0.15) is 18.4 Å². The quantitative estimate of drug-likeness (QED) is 0.896. The van der Waals surface area contributed by atoms with E-state index in [0.717, 1.165) is 24.9 Å². The molecule has 0 saturated carbocycles. The summed E-state index contributed by atoms with van der Waals surface area (Å²) in [4.78, 5) is 15.4. The van der Waals surface area contributed by atoms with Crippen molar-refractivity contribution >= 4 is 5.91 Å². The van der Waals surface area contributed by atoms with E-state index in [9.17, 15) is 4.79 Å². The highest BCUT2D eigenvalue weighted by Crippen LogP contribution is 2.14. The van der Waals surface area contributed by atoms with E-state index in [1.165, 1.54) is 10.4 Å². The summed E-state index contributed by atoms with van der Waals surface area (Å²) in [7, 11) is 0. The predicted molar refractivity (Wildman–Crippen MR) is 81.8 cm³/mol. The maximum atomic E-state index is 12.2. The molecule has 2 heterocycles. The lowest BCUT2D eigenvalue weighted by atomic mass is 10.1. The minimum absolute atomic E-state index is 0.0111. The highest BCUT2D eigenvalue weighted by atomic mass is 16.2. The summed E-state index contributed by atoms with van der Waals surface area (Å²) in [6, 6.07) is 7.96. The van der Waals surface area contributed by atoms with E-state index in [1.807, 2.05) is 31.2 Å². The lowest BCUT2D eigenvalue weighted by Crippen LogP contribution is -2.46. The first kappa shape index (κ1) is 14.6. The molecule has 1 unspecified atom stereocenters. The smallest absolute Gasteiger partial charge is 0.246 e. The molecule has 3 rings (SSSR count). The molecule has 0 bridgehead atoms. The fraction of sp³-hybridized carbons (Fsp3) is 0.467. The molecule has 0 radical (unpaired) electrons. The van der Waals surface area contributed by atoms with Crippen molar-refractivity contribution in [1.82, 2.24) is 25.1 Å². The molecule has 7 heteroatoms. The Morgan fingerprint density at radius 3 is 2.86 bits per heavy atom. The van der Waals surface area contributed by atoms with Crippen molar-refractivity contribution in [3.8, 4) is 11.4 Å². The SMILES string of the molecule is Cc1ccc(-c2nnn(CC(=O)N3CCCC(N)C3)n2)cc1. The molecule has 0 aliphatic carbocycles. The van der Waals surface area contributed by atoms with Gasteiger partial charge in [0.05, 0.1) is 0 Å². The standard InChI is InChI=1S/C15H20N6O/c1-11-4-6-12(7-5-11)15-17-19-21(18-15)10-14(22)20-8-2-3-13(16)9-20/h4-7,13H,2-3,8-10,16H2,1H3. The van der Waals surface area contributed by atoms with E-state index in [4.69, 9.17) is 5.73 Å². The average molecular weight is 300 g/mol. The van der Waals surface area contributed by atoms with Crippen LogP contribution in [0.25, 0.3) is 11.4 Å². The Hall–Kier alpha value is -2.28. The second kappa shape index (κ2) is 6.23. The van der Waals surface area contributed by atoms with Crippen molar-refractivity contribution in [3.05, 3.63) is 29.8 Å². The Morgan fingerprint density at radius 2 is 2.14 bits per heavy atom. The van der Waals surface area contributed by atoms with Crippen molar-refractivity contribution in [2.75, 3.05) is 13.1 Å². The number of rotatable bonds is 3. The number of tetrazole rings is 1. The second-order valence-electron chi connectivity index (χ2n) is 5.75. The maximum Gasteiger partial charge on any atom is 0.246 e. The van der Waals surface area contributed by atoms with Gasteiger partial charge in [-0.25, -0.2) is 0 Å². The number of likely N-dealkylation sites (tertiary alicyclic amines) is 1. The molecule has 1 fully saturated rings. The van der Waals surface area contributed by atoms with Gasteiger partial charge in [0.25, 0.3) is 0 Å². The van der Waals surface area contributed by atoms with E-state index in [0.29, 0.717) is 12.4 Å². The summed E-state index contributed by atoms with van der Waals surface area (Å²) in [5.74, 6) is 0.520. The molecule has 1 aliphatic heterocycles. The van der Waals surface area contributed by atoms with E-state index in [-0.39, 0.29) is 18.5 Å². The molecular weight excluding hydrogens is 280 g/mol. The van der Waals surface area contributed by atoms with Crippen LogP contribution in [0.2, 0.25) is 0 Å². The van der Waals surface area contributed by atoms with Crippen LogP contribution in [0.3, 0.4) is 0 Å². The number of amides is 1. The largest absolute Gasteiger partial charge is 0.339 e. The minimum atomic E-state index is -0.0111. The van der Waals surface area contributed by atoms with Gasteiger partial charge in [-0.15, -0.1) is 10.2 Å². The van der Waals surface area contributed by atoms with Crippen LogP contribution in [-0.4, -0.2) is 50.1 Å². The van der Waals surface area contributed by atoms with Crippen LogP contribution >= 0.6 is 0 Å². The molecule has 1 saturated heterocycles. The van der Waals surface area contributed by atoms with Gasteiger partial charge in [0, 0.05) is 24.7 Å². The molecule has 2 N–H and O–H groups in total. The topological polar surface area (TPSA) is 89.9 Å². The van der Waals surface area contributed by atoms with E-state index >= 15 is 0 Å². The normalized spacial score (nSPS) is 18.5. The fourth-order valence-electron chi connectivity index (χ4n) is 2.59. The van der Waals surface area contributed by atoms with Gasteiger partial charge in [0.1, 0.15) is 6.54 Å². The third-order valence-electron chi connectivity index (χ3n) is 3.85. The molecule has 1 atom stereocenters. The van der Waals surface area contributed by atoms with Crippen LogP contribution in [0.4, 0.5) is 0 Å². The van der Waals surface area contributed by atoms with Gasteiger partial charge >= 0.3 is 0 Å². The highest BCUT2D eigenvalue weighted by molar-refractivity contribution is 5.76. The van der Waals surface area contributed by atoms with Crippen molar-refractivity contribution in [2.45, 2.75) is 32.4 Å². The van der Waals surface area contributed by atoms with Gasteiger partial charge < -0.3 is 10.6 Å². The van der Waals surface area contributed by atoms with Crippen molar-refractivity contribution in [1.29, 1.82) is 0 Å². The number of aromatic nitrogens is 4. The van der Waals surface area contributed by atoms with Crippen molar-refractivity contribution < 1.29 is 4.79 Å². The molecule has 22 heavy (non-hydrogen) atoms. The zero-order valence-corrected chi connectivity index (χ0v) is 12.6. The van der Waals surface area contributed by atoms with Crippen LogP contribution in [0, 0.1) is 6.92 Å². The zero-order chi connectivity index (χ0) is 15.5. The summed E-state index contributed by atoms with van der Waals surface area (Å²) in [6.07, 6.45) is 1.93. The molecular formula is C15H20N6O. The van der Waals surface area contributed by atoms with Gasteiger partial charge in [-0.1, -0.05) is 29.8 Å². The third kappa shape index (κ3) is 3.30. The van der Waals surface area contributed by atoms with Crippen molar-refractivity contribution in [2.24, 2.45) is 5.73 Å². The van der Waals surface area contributed by atoms with Crippen LogP contribution < -0.4 is 5.73 Å². The van der Waals surface area contributed by atoms with Gasteiger partial charge in [0.2, 0.25) is 11.7 Å². The first-order valence-corrected chi connectivity index (χ1v) is 7.50. The van der Waals surface area contributed by atoms with E-state index in [2.05, 4.69) is 15.4 Å². The van der Waals surface area contributed by atoms with Gasteiger partial charge in [-0.2, -0.15) is 4.80 Å². The lowest BCUT2D eigenvalue weighted by molar-refractivity contribution is -0.133. The third-order valence-corrected chi connectivity index (χ3v) is 3.85. The van der Waals surface area contributed by atoms with Crippen LogP contribution in [0.15, 0.2) is 24.3 Å². The number of carbonyl (C=O) groups excluding carboxylic acids is 1. The van der Waals surface area contributed by atoms with E-state index in [1.54, 1.807) is 4.90 Å². The van der Waals surface area contributed by atoms with Gasteiger partial charge in [-0.05, 0) is 25.0 Å². The minimum Gasteiger partial charge on any atom is -0.339 e. The number of aryl methyl sites for hydroxylation is 1. The molecule has 1 aliphatic rings. The predicted octanol–water partition coefficient (Wildman–Crippen LogP) is 0.598. The van der Waals surface area contributed by atoms with Crippen LogP contribution in [-0.2, 0) is 11.3 Å². The Kier molecular flexibility index (Phi) is 4.15. The van der Waals surface area contributed by atoms with Crippen LogP contribution in [0.5, 0.6) is 0 Å². The number of carbonyl (C=O) groups is 1. The summed E-state index contributed by atoms with van der Waals surface area (Å²) in [5, 5.41) is 12.3. The summed E-state index contributed by atoms with van der Waals surface area (Å²) in [5.41, 5.74) is 7.97. The Labute approximate surface area is 129 Å². The number of nitrogens with zero attached hydrogens (tertiary/aromatic N) is 5. The van der Waals surface area contributed by atoms with Gasteiger partial charge in [-0.3, -0.25) is 4.79 Å². The molecule has 1 aromatic heterocycles. The average Bonchev–Trinajstić information content (AvgIpc) is 2.96. The number of nitrogens with two attached hydrogens (primary N) is 1.